The van der Waals surface area contributed by atoms with E-state index in [4.69, 9.17) is 9.47 Å². The second kappa shape index (κ2) is 8.26. The third kappa shape index (κ3) is 4.22. The zero-order chi connectivity index (χ0) is 23.2. The number of unbranched alkanes of at least 4 members (excludes halogenated alkanes) is 1. The van der Waals surface area contributed by atoms with E-state index in [9.17, 15) is 22.8 Å². The molecule has 4 rings (SSSR count). The summed E-state index contributed by atoms with van der Waals surface area (Å²) in [5.41, 5.74) is -5.03. The second-order valence-corrected chi connectivity index (χ2v) is 10.8. The van der Waals surface area contributed by atoms with E-state index >= 15 is 0 Å². The van der Waals surface area contributed by atoms with Gasteiger partial charge in [0.05, 0.1) is 0 Å². The molecule has 0 aliphatic heterocycles. The smallest absolute Gasteiger partial charge is 0.404 e. The molecule has 4 nitrogen and oxygen atoms in total. The summed E-state index contributed by atoms with van der Waals surface area (Å²) in [6.45, 7) is 6.87. The van der Waals surface area contributed by atoms with Crippen molar-refractivity contribution in [3.05, 3.63) is 0 Å². The Morgan fingerprint density at radius 3 is 1.84 bits per heavy atom. The van der Waals surface area contributed by atoms with Crippen molar-refractivity contribution in [2.45, 2.75) is 110 Å². The van der Waals surface area contributed by atoms with Gasteiger partial charge in [0.15, 0.2) is 5.41 Å². The summed E-state index contributed by atoms with van der Waals surface area (Å²) in [5, 5.41) is 0. The largest absolute Gasteiger partial charge is 0.456 e. The van der Waals surface area contributed by atoms with E-state index in [2.05, 4.69) is 6.92 Å². The molecule has 4 saturated carbocycles. The average Bonchev–Trinajstić information content (AvgIpc) is 2.67. The lowest BCUT2D eigenvalue weighted by Crippen LogP contribution is -2.61. The quantitative estimate of drug-likeness (QED) is 0.416. The van der Waals surface area contributed by atoms with Crippen LogP contribution in [0.15, 0.2) is 0 Å². The molecule has 0 aromatic heterocycles. The van der Waals surface area contributed by atoms with Gasteiger partial charge < -0.3 is 9.47 Å². The highest BCUT2D eigenvalue weighted by molar-refractivity contribution is 5.85. The minimum absolute atomic E-state index is 0.293. The first-order valence-electron chi connectivity index (χ1n) is 11.8. The van der Waals surface area contributed by atoms with Crippen LogP contribution in [0.3, 0.4) is 0 Å². The Bertz CT molecular complexity index is 671. The number of hydrogen-bond acceptors (Lipinski definition) is 4. The number of hydrogen-bond donors (Lipinski definition) is 0. The number of esters is 2. The van der Waals surface area contributed by atoms with E-state index in [1.165, 1.54) is 27.2 Å². The van der Waals surface area contributed by atoms with Crippen LogP contribution in [0.5, 0.6) is 0 Å². The normalized spacial score (nSPS) is 34.3. The molecular formula is C24H37F3O4. The van der Waals surface area contributed by atoms with Gasteiger partial charge in [0.25, 0.3) is 0 Å². The summed E-state index contributed by atoms with van der Waals surface area (Å²) in [6.07, 6.45) is 2.90. The Kier molecular flexibility index (Phi) is 6.49. The van der Waals surface area contributed by atoms with Crippen LogP contribution >= 0.6 is 0 Å². The maximum Gasteiger partial charge on any atom is 0.404 e. The minimum Gasteiger partial charge on any atom is -0.456 e. The molecule has 1 atom stereocenters. The Balaban J connectivity index is 1.79. The molecule has 1 unspecified atom stereocenters. The van der Waals surface area contributed by atoms with Crippen LogP contribution in [0.25, 0.3) is 0 Å². The molecule has 0 aromatic carbocycles. The van der Waals surface area contributed by atoms with Gasteiger partial charge in [-0.05, 0) is 95.8 Å². The molecule has 7 heteroatoms. The van der Waals surface area contributed by atoms with Crippen molar-refractivity contribution in [2.75, 3.05) is 0 Å². The van der Waals surface area contributed by atoms with Gasteiger partial charge in [-0.3, -0.25) is 4.79 Å². The molecule has 0 saturated heterocycles. The lowest BCUT2D eigenvalue weighted by atomic mass is 9.49. The predicted octanol–water partition coefficient (Wildman–Crippen LogP) is 6.22. The number of halogens is 3. The lowest BCUT2D eigenvalue weighted by Gasteiger charge is -2.60. The topological polar surface area (TPSA) is 52.6 Å². The van der Waals surface area contributed by atoms with Crippen LogP contribution in [0.1, 0.15) is 92.4 Å². The van der Waals surface area contributed by atoms with Gasteiger partial charge in [-0.15, -0.1) is 0 Å². The van der Waals surface area contributed by atoms with E-state index in [1.54, 1.807) is 0 Å². The summed E-state index contributed by atoms with van der Waals surface area (Å²) in [4.78, 5) is 25.7. The summed E-state index contributed by atoms with van der Waals surface area (Å²) >= 11 is 0. The second-order valence-electron chi connectivity index (χ2n) is 10.8. The molecule has 0 radical (unpaired) electrons. The highest BCUT2D eigenvalue weighted by Gasteiger charge is 2.61. The van der Waals surface area contributed by atoms with Crippen LogP contribution in [0.4, 0.5) is 13.2 Å². The van der Waals surface area contributed by atoms with Gasteiger partial charge in [0.2, 0.25) is 5.60 Å². The molecule has 178 valence electrons. The van der Waals surface area contributed by atoms with Crippen molar-refractivity contribution in [1.82, 2.24) is 0 Å². The van der Waals surface area contributed by atoms with Gasteiger partial charge in [-0.25, -0.2) is 4.79 Å². The van der Waals surface area contributed by atoms with Crippen LogP contribution in [-0.4, -0.2) is 29.3 Å². The third-order valence-corrected chi connectivity index (χ3v) is 8.35. The highest BCUT2D eigenvalue weighted by atomic mass is 19.4. The van der Waals surface area contributed by atoms with E-state index in [1.807, 2.05) is 0 Å². The maximum atomic E-state index is 13.5. The Morgan fingerprint density at radius 2 is 1.42 bits per heavy atom. The monoisotopic (exact) mass is 446 g/mol. The van der Waals surface area contributed by atoms with Gasteiger partial charge in [-0.2, -0.15) is 13.2 Å². The van der Waals surface area contributed by atoms with Crippen molar-refractivity contribution in [3.63, 3.8) is 0 Å². The molecule has 4 aliphatic carbocycles. The maximum absolute atomic E-state index is 13.5. The standard InChI is InChI=1S/C24H37F3O4/c1-6-8-9-23(17-11-15-10-16(13-17)14-18(23)12-15)31-19(28)21(3,4)30-20(29)22(5,7-2)24(25,26)27/h15-18H,6-14H2,1-5H3. The Labute approximate surface area is 183 Å². The fourth-order valence-corrected chi connectivity index (χ4v) is 6.20. The number of rotatable bonds is 8. The lowest BCUT2D eigenvalue weighted by molar-refractivity contribution is -0.246. The predicted molar refractivity (Wildman–Crippen MR) is 110 cm³/mol. The van der Waals surface area contributed by atoms with Crippen molar-refractivity contribution in [2.24, 2.45) is 29.1 Å². The third-order valence-electron chi connectivity index (χ3n) is 8.35. The molecule has 0 spiro atoms. The van der Waals surface area contributed by atoms with Crippen LogP contribution in [-0.2, 0) is 19.1 Å². The van der Waals surface area contributed by atoms with Crippen molar-refractivity contribution >= 4 is 11.9 Å². The van der Waals surface area contributed by atoms with Gasteiger partial charge >= 0.3 is 18.1 Å². The fraction of sp³-hybridized carbons (Fsp3) is 0.917. The van der Waals surface area contributed by atoms with E-state index in [0.29, 0.717) is 23.7 Å². The Morgan fingerprint density at radius 1 is 0.903 bits per heavy atom. The van der Waals surface area contributed by atoms with Crippen LogP contribution in [0.2, 0.25) is 0 Å². The van der Waals surface area contributed by atoms with Crippen LogP contribution in [0, 0.1) is 29.1 Å². The van der Waals surface area contributed by atoms with Gasteiger partial charge in [-0.1, -0.05) is 20.3 Å². The van der Waals surface area contributed by atoms with Crippen molar-refractivity contribution in [1.29, 1.82) is 0 Å². The molecule has 0 amide bonds. The molecule has 4 aliphatic rings. The zero-order valence-corrected chi connectivity index (χ0v) is 19.4. The summed E-state index contributed by atoms with van der Waals surface area (Å²) < 4.78 is 51.9. The minimum atomic E-state index is -4.76. The molecular weight excluding hydrogens is 409 g/mol. The highest BCUT2D eigenvalue weighted by Crippen LogP contribution is 2.61. The first-order valence-corrected chi connectivity index (χ1v) is 11.8. The number of ether oxygens (including phenoxy) is 2. The molecule has 4 fully saturated rings. The van der Waals surface area contributed by atoms with Crippen LogP contribution < -0.4 is 0 Å². The number of carbonyl (C=O) groups is 2. The summed E-state index contributed by atoms with van der Waals surface area (Å²) in [5.74, 6) is -0.191. The first-order chi connectivity index (χ1) is 14.3. The molecule has 0 N–H and O–H groups in total. The summed E-state index contributed by atoms with van der Waals surface area (Å²) in [6, 6.07) is 0. The molecule has 31 heavy (non-hydrogen) atoms. The zero-order valence-electron chi connectivity index (χ0n) is 19.4. The van der Waals surface area contributed by atoms with Crippen molar-refractivity contribution < 1.29 is 32.2 Å². The molecule has 0 aromatic rings. The van der Waals surface area contributed by atoms with E-state index < -0.39 is 41.2 Å². The van der Waals surface area contributed by atoms with Gasteiger partial charge in [0, 0.05) is 0 Å². The number of alkyl halides is 3. The fourth-order valence-electron chi connectivity index (χ4n) is 6.20. The summed E-state index contributed by atoms with van der Waals surface area (Å²) in [7, 11) is 0. The molecule has 4 bridgehead atoms. The average molecular weight is 447 g/mol. The Hall–Kier alpha value is -1.27. The van der Waals surface area contributed by atoms with E-state index in [-0.39, 0.29) is 0 Å². The van der Waals surface area contributed by atoms with Crippen molar-refractivity contribution in [3.8, 4) is 0 Å². The van der Waals surface area contributed by atoms with E-state index in [0.717, 1.165) is 51.9 Å². The molecule has 0 heterocycles. The number of carbonyl (C=O) groups excluding carboxylic acids is 2. The van der Waals surface area contributed by atoms with Gasteiger partial charge in [0.1, 0.15) is 5.60 Å². The first kappa shape index (κ1) is 24.4. The SMILES string of the molecule is CCCCC1(OC(=O)C(C)(C)OC(=O)C(C)(CC)C(F)(F)F)C2CC3CC(C2)CC1C3.